The molecule has 0 amide bonds. The van der Waals surface area contributed by atoms with Crippen molar-refractivity contribution in [3.05, 3.63) is 53.3 Å². The van der Waals surface area contributed by atoms with Crippen LogP contribution in [0.3, 0.4) is 0 Å². The Morgan fingerprint density at radius 2 is 1.93 bits per heavy atom. The van der Waals surface area contributed by atoms with Gasteiger partial charge in [0.25, 0.3) is 0 Å². The van der Waals surface area contributed by atoms with Gasteiger partial charge >= 0.3 is 0 Å². The van der Waals surface area contributed by atoms with Gasteiger partial charge in [-0.2, -0.15) is 0 Å². The summed E-state index contributed by atoms with van der Waals surface area (Å²) in [7, 11) is 0. The fourth-order valence-corrected chi connectivity index (χ4v) is 3.73. The number of nitrogens with one attached hydrogen (secondary N) is 2. The quantitative estimate of drug-likeness (QED) is 0.533. The monoisotopic (exact) mass is 441 g/mol. The standard InChI is InChI=1S/C21H24BrN5O/c22-16-3-1-4-18(13-16)26-21-19-14-17(5-6-20(19)24-15-25-21)23-7-2-8-27-9-11-28-12-10-27/h1,3-6,13-15,23H,2,7-12H2,(H,24,25,26). The predicted molar refractivity (Wildman–Crippen MR) is 117 cm³/mol. The van der Waals surface area contributed by atoms with Crippen LogP contribution in [0.2, 0.25) is 0 Å². The molecule has 1 saturated heterocycles. The highest BCUT2D eigenvalue weighted by molar-refractivity contribution is 9.10. The van der Waals surface area contributed by atoms with Crippen LogP contribution >= 0.6 is 15.9 Å². The zero-order valence-electron chi connectivity index (χ0n) is 15.7. The molecule has 1 fully saturated rings. The van der Waals surface area contributed by atoms with Crippen LogP contribution in [0, 0.1) is 0 Å². The summed E-state index contributed by atoms with van der Waals surface area (Å²) in [6, 6.07) is 14.3. The SMILES string of the molecule is Brc1cccc(Nc2ncnc3ccc(NCCCN4CCOCC4)cc23)c1. The molecule has 146 valence electrons. The average Bonchev–Trinajstić information content (AvgIpc) is 2.72. The van der Waals surface area contributed by atoms with Gasteiger partial charge < -0.3 is 15.4 Å². The maximum Gasteiger partial charge on any atom is 0.141 e. The molecule has 3 aromatic rings. The van der Waals surface area contributed by atoms with E-state index in [1.807, 2.05) is 30.3 Å². The number of aromatic nitrogens is 2. The summed E-state index contributed by atoms with van der Waals surface area (Å²) in [4.78, 5) is 11.3. The summed E-state index contributed by atoms with van der Waals surface area (Å²) < 4.78 is 6.43. The van der Waals surface area contributed by atoms with Crippen molar-refractivity contribution >= 4 is 44.0 Å². The molecule has 7 heteroatoms. The molecule has 1 aliphatic heterocycles. The zero-order chi connectivity index (χ0) is 19.2. The third-order valence-electron chi connectivity index (χ3n) is 4.81. The van der Waals surface area contributed by atoms with Crippen LogP contribution in [0.25, 0.3) is 10.9 Å². The lowest BCUT2D eigenvalue weighted by molar-refractivity contribution is 0.0378. The van der Waals surface area contributed by atoms with Crippen LogP contribution in [0.1, 0.15) is 6.42 Å². The van der Waals surface area contributed by atoms with Gasteiger partial charge in [-0.25, -0.2) is 9.97 Å². The van der Waals surface area contributed by atoms with Crippen LogP contribution in [0.5, 0.6) is 0 Å². The van der Waals surface area contributed by atoms with E-state index < -0.39 is 0 Å². The van der Waals surface area contributed by atoms with Crippen molar-refractivity contribution < 1.29 is 4.74 Å². The van der Waals surface area contributed by atoms with E-state index >= 15 is 0 Å². The molecular weight excluding hydrogens is 418 g/mol. The molecule has 2 N–H and O–H groups in total. The van der Waals surface area contributed by atoms with E-state index in [0.29, 0.717) is 0 Å². The first kappa shape index (κ1) is 19.1. The number of morpholine rings is 1. The van der Waals surface area contributed by atoms with Crippen molar-refractivity contribution in [3.63, 3.8) is 0 Å². The highest BCUT2D eigenvalue weighted by Crippen LogP contribution is 2.26. The van der Waals surface area contributed by atoms with E-state index in [2.05, 4.69) is 53.6 Å². The third-order valence-corrected chi connectivity index (χ3v) is 5.30. The van der Waals surface area contributed by atoms with Gasteiger partial charge in [-0.15, -0.1) is 0 Å². The lowest BCUT2D eigenvalue weighted by Crippen LogP contribution is -2.37. The van der Waals surface area contributed by atoms with E-state index in [1.165, 1.54) is 0 Å². The molecule has 0 unspecified atom stereocenters. The molecule has 0 radical (unpaired) electrons. The topological polar surface area (TPSA) is 62.3 Å². The molecule has 28 heavy (non-hydrogen) atoms. The van der Waals surface area contributed by atoms with Gasteiger partial charge in [0.2, 0.25) is 0 Å². The van der Waals surface area contributed by atoms with E-state index in [9.17, 15) is 0 Å². The lowest BCUT2D eigenvalue weighted by Gasteiger charge is -2.26. The second-order valence-corrected chi connectivity index (χ2v) is 7.74. The van der Waals surface area contributed by atoms with E-state index in [-0.39, 0.29) is 0 Å². The number of anilines is 3. The first-order chi connectivity index (χ1) is 13.8. The van der Waals surface area contributed by atoms with E-state index in [1.54, 1.807) is 6.33 Å². The first-order valence-electron chi connectivity index (χ1n) is 9.59. The summed E-state index contributed by atoms with van der Waals surface area (Å²) in [6.07, 6.45) is 2.70. The van der Waals surface area contributed by atoms with Crippen molar-refractivity contribution in [1.29, 1.82) is 0 Å². The van der Waals surface area contributed by atoms with Crippen molar-refractivity contribution in [3.8, 4) is 0 Å². The second-order valence-electron chi connectivity index (χ2n) is 6.82. The molecule has 0 atom stereocenters. The summed E-state index contributed by atoms with van der Waals surface area (Å²) in [5.74, 6) is 0.806. The number of fused-ring (bicyclic) bond motifs is 1. The lowest BCUT2D eigenvalue weighted by atomic mass is 10.2. The number of rotatable bonds is 7. The Hall–Kier alpha value is -2.22. The molecule has 0 aliphatic carbocycles. The number of benzene rings is 2. The number of hydrogen-bond acceptors (Lipinski definition) is 6. The molecule has 2 aromatic carbocycles. The van der Waals surface area contributed by atoms with Gasteiger partial charge in [-0.05, 0) is 49.4 Å². The third kappa shape index (κ3) is 4.98. The van der Waals surface area contributed by atoms with E-state index in [0.717, 1.165) is 78.4 Å². The van der Waals surface area contributed by atoms with Crippen LogP contribution in [-0.2, 0) is 4.74 Å². The average molecular weight is 442 g/mol. The Labute approximate surface area is 173 Å². The maximum absolute atomic E-state index is 5.40. The largest absolute Gasteiger partial charge is 0.385 e. The molecule has 4 rings (SSSR count). The zero-order valence-corrected chi connectivity index (χ0v) is 17.3. The highest BCUT2D eigenvalue weighted by Gasteiger charge is 2.09. The molecule has 2 heterocycles. The Morgan fingerprint density at radius 1 is 1.04 bits per heavy atom. The summed E-state index contributed by atoms with van der Waals surface area (Å²) in [5.41, 5.74) is 2.99. The Morgan fingerprint density at radius 3 is 2.79 bits per heavy atom. The Balaban J connectivity index is 1.42. The van der Waals surface area contributed by atoms with Crippen LogP contribution < -0.4 is 10.6 Å². The van der Waals surface area contributed by atoms with Gasteiger partial charge in [0, 0.05) is 40.9 Å². The van der Waals surface area contributed by atoms with Gasteiger partial charge in [-0.3, -0.25) is 4.90 Å². The molecule has 1 aliphatic rings. The van der Waals surface area contributed by atoms with Crippen molar-refractivity contribution in [2.24, 2.45) is 0 Å². The first-order valence-corrected chi connectivity index (χ1v) is 10.4. The normalized spacial score (nSPS) is 14.9. The molecular formula is C21H24BrN5O. The highest BCUT2D eigenvalue weighted by atomic mass is 79.9. The fraction of sp³-hybridized carbons (Fsp3) is 0.333. The van der Waals surface area contributed by atoms with Crippen LogP contribution in [0.15, 0.2) is 53.3 Å². The summed E-state index contributed by atoms with van der Waals surface area (Å²) in [6.45, 7) is 5.82. The minimum atomic E-state index is 0.806. The molecule has 0 spiro atoms. The predicted octanol–water partition coefficient (Wildman–Crippen LogP) is 4.27. The van der Waals surface area contributed by atoms with Crippen molar-refractivity contribution in [1.82, 2.24) is 14.9 Å². The molecule has 0 bridgehead atoms. The van der Waals surface area contributed by atoms with Gasteiger partial charge in [0.05, 0.1) is 18.7 Å². The second kappa shape index (κ2) is 9.32. The summed E-state index contributed by atoms with van der Waals surface area (Å²) in [5, 5.41) is 7.93. The minimum Gasteiger partial charge on any atom is -0.385 e. The number of halogens is 1. The van der Waals surface area contributed by atoms with Crippen LogP contribution in [0.4, 0.5) is 17.2 Å². The van der Waals surface area contributed by atoms with Crippen molar-refractivity contribution in [2.45, 2.75) is 6.42 Å². The number of nitrogens with zero attached hydrogens (tertiary/aromatic N) is 3. The minimum absolute atomic E-state index is 0.806. The van der Waals surface area contributed by atoms with Gasteiger partial charge in [0.15, 0.2) is 0 Å². The Kier molecular flexibility index (Phi) is 6.36. The Bertz CT molecular complexity index is 930. The smallest absolute Gasteiger partial charge is 0.141 e. The number of ether oxygens (including phenoxy) is 1. The summed E-state index contributed by atoms with van der Waals surface area (Å²) >= 11 is 3.51. The van der Waals surface area contributed by atoms with Gasteiger partial charge in [-0.1, -0.05) is 22.0 Å². The van der Waals surface area contributed by atoms with Crippen molar-refractivity contribution in [2.75, 3.05) is 50.0 Å². The maximum atomic E-state index is 5.40. The fourth-order valence-electron chi connectivity index (χ4n) is 3.33. The number of hydrogen-bond donors (Lipinski definition) is 2. The van der Waals surface area contributed by atoms with Crippen LogP contribution in [-0.4, -0.2) is 54.3 Å². The molecule has 0 saturated carbocycles. The molecule has 1 aromatic heterocycles. The van der Waals surface area contributed by atoms with Gasteiger partial charge in [0.1, 0.15) is 12.1 Å². The van der Waals surface area contributed by atoms with E-state index in [4.69, 9.17) is 4.74 Å². The molecule has 6 nitrogen and oxygen atoms in total.